The number of benzene rings is 2. The monoisotopic (exact) mass is 605 g/mol. The Balaban J connectivity index is 1.82. The largest absolute Gasteiger partial charge is 0.465 e. The second kappa shape index (κ2) is 12.2. The van der Waals surface area contributed by atoms with Crippen LogP contribution in [0.15, 0.2) is 88.7 Å². The summed E-state index contributed by atoms with van der Waals surface area (Å²) in [6, 6.07) is 14.8. The fourth-order valence-corrected chi connectivity index (χ4v) is 6.61. The maximum atomic E-state index is 15.5. The van der Waals surface area contributed by atoms with Gasteiger partial charge in [0, 0.05) is 45.4 Å². The van der Waals surface area contributed by atoms with Gasteiger partial charge in [0.05, 0.1) is 29.6 Å². The van der Waals surface area contributed by atoms with Gasteiger partial charge in [0.1, 0.15) is 17.6 Å². The van der Waals surface area contributed by atoms with E-state index in [0.29, 0.717) is 11.4 Å². The molecule has 222 valence electrons. The molecule has 3 aromatic rings. The number of carbonyl (C=O) groups excluding carboxylic acids is 3. The normalized spacial score (nSPS) is 20.1. The van der Waals surface area contributed by atoms with Crippen LogP contribution in [0.25, 0.3) is 0 Å². The Morgan fingerprint density at radius 3 is 2.37 bits per heavy atom. The van der Waals surface area contributed by atoms with Crippen molar-refractivity contribution in [2.45, 2.75) is 32.1 Å². The van der Waals surface area contributed by atoms with Crippen molar-refractivity contribution in [3.8, 4) is 0 Å². The zero-order valence-corrected chi connectivity index (χ0v) is 24.1. The molecule has 2 N–H and O–H groups in total. The van der Waals surface area contributed by atoms with Crippen LogP contribution in [0.2, 0.25) is 0 Å². The van der Waals surface area contributed by atoms with Crippen molar-refractivity contribution in [3.63, 3.8) is 0 Å². The third kappa shape index (κ3) is 5.29. The SMILES string of the molecule is CCOC(=O)C1=C(N)N(c2ccc([N+](=O)[O-])cc2)C2=C(C(=O)C(C(=O)OCC)C(c3cccs3)C2)C1c1ccccc1F. The van der Waals surface area contributed by atoms with E-state index in [-0.39, 0.29) is 47.9 Å². The lowest BCUT2D eigenvalue weighted by atomic mass is 9.68. The maximum absolute atomic E-state index is 15.5. The van der Waals surface area contributed by atoms with Crippen molar-refractivity contribution < 1.29 is 33.2 Å². The molecule has 0 spiro atoms. The first-order valence-corrected chi connectivity index (χ1v) is 14.5. The van der Waals surface area contributed by atoms with Crippen molar-refractivity contribution in [2.75, 3.05) is 18.1 Å². The molecule has 0 saturated carbocycles. The Kier molecular flexibility index (Phi) is 8.40. The summed E-state index contributed by atoms with van der Waals surface area (Å²) >= 11 is 1.37. The zero-order chi connectivity index (χ0) is 30.8. The van der Waals surface area contributed by atoms with E-state index in [9.17, 15) is 24.5 Å². The van der Waals surface area contributed by atoms with Crippen LogP contribution in [0.4, 0.5) is 15.8 Å². The quantitative estimate of drug-likeness (QED) is 0.156. The Bertz CT molecular complexity index is 1650. The van der Waals surface area contributed by atoms with Gasteiger partial charge in [-0.15, -0.1) is 11.3 Å². The minimum atomic E-state index is -1.29. The van der Waals surface area contributed by atoms with Crippen molar-refractivity contribution in [1.82, 2.24) is 0 Å². The highest BCUT2D eigenvalue weighted by atomic mass is 32.1. The fraction of sp³-hybridized carbons (Fsp3) is 0.258. The number of Topliss-reactive ketones (excluding diaryl/α,β-unsaturated/α-hetero) is 1. The molecular formula is C31H28FN3O7S. The van der Waals surface area contributed by atoms with Crippen LogP contribution in [-0.4, -0.2) is 35.9 Å². The Labute approximate surface area is 250 Å². The highest BCUT2D eigenvalue weighted by Crippen LogP contribution is 2.52. The first-order valence-electron chi connectivity index (χ1n) is 13.6. The molecule has 0 bridgehead atoms. The van der Waals surface area contributed by atoms with Gasteiger partial charge in [-0.05, 0) is 49.9 Å². The van der Waals surface area contributed by atoms with Gasteiger partial charge in [-0.25, -0.2) is 9.18 Å². The standard InChI is InChI=1S/C31H28FN3O7S/c1-3-41-30(37)25-20(23-10-7-15-43-23)16-22-26(28(25)36)24(19-8-5-6-9-21(19)32)27(31(38)42-4-2)29(33)34(22)17-11-13-18(14-12-17)35(39)40/h5-15,20,24-25H,3-4,16,33H2,1-2H3. The number of thiophene rings is 1. The lowest BCUT2D eigenvalue weighted by molar-refractivity contribution is -0.384. The number of non-ortho nitro benzene ring substituents is 1. The van der Waals surface area contributed by atoms with E-state index >= 15 is 4.39 Å². The molecule has 3 atom stereocenters. The molecule has 3 unspecified atom stereocenters. The average Bonchev–Trinajstić information content (AvgIpc) is 3.52. The zero-order valence-electron chi connectivity index (χ0n) is 23.3. The summed E-state index contributed by atoms with van der Waals surface area (Å²) < 4.78 is 26.2. The second-order valence-electron chi connectivity index (χ2n) is 9.86. The summed E-state index contributed by atoms with van der Waals surface area (Å²) in [6.07, 6.45) is 0.101. The molecule has 0 fully saturated rings. The number of esters is 2. The number of nitrogens with two attached hydrogens (primary N) is 1. The van der Waals surface area contributed by atoms with Crippen molar-refractivity contribution in [3.05, 3.63) is 115 Å². The van der Waals surface area contributed by atoms with Crippen LogP contribution in [0.1, 0.15) is 42.5 Å². The van der Waals surface area contributed by atoms with Gasteiger partial charge in [0.15, 0.2) is 5.78 Å². The van der Waals surface area contributed by atoms with E-state index in [1.807, 2.05) is 11.4 Å². The fourth-order valence-electron chi connectivity index (χ4n) is 5.75. The van der Waals surface area contributed by atoms with Crippen molar-refractivity contribution in [2.24, 2.45) is 11.7 Å². The summed E-state index contributed by atoms with van der Waals surface area (Å²) in [5.74, 6) is -6.24. The number of halogens is 1. The van der Waals surface area contributed by atoms with E-state index in [1.165, 1.54) is 58.7 Å². The molecule has 0 radical (unpaired) electrons. The molecule has 1 aliphatic carbocycles. The minimum absolute atomic E-state index is 0.00608. The van der Waals surface area contributed by atoms with Crippen molar-refractivity contribution >= 4 is 40.4 Å². The number of hydrogen-bond donors (Lipinski definition) is 1. The van der Waals surface area contributed by atoms with Gasteiger partial charge in [-0.1, -0.05) is 24.3 Å². The van der Waals surface area contributed by atoms with E-state index in [0.717, 1.165) is 4.88 Å². The molecule has 1 aliphatic heterocycles. The van der Waals surface area contributed by atoms with Gasteiger partial charge in [0.25, 0.3) is 5.69 Å². The molecule has 1 aromatic heterocycles. The molecule has 0 amide bonds. The highest BCUT2D eigenvalue weighted by molar-refractivity contribution is 7.10. The predicted octanol–water partition coefficient (Wildman–Crippen LogP) is 5.32. The molecule has 12 heteroatoms. The second-order valence-corrected chi connectivity index (χ2v) is 10.8. The molecular weight excluding hydrogens is 577 g/mol. The van der Waals surface area contributed by atoms with Crippen LogP contribution in [-0.2, 0) is 23.9 Å². The van der Waals surface area contributed by atoms with Gasteiger partial charge in [0.2, 0.25) is 0 Å². The van der Waals surface area contributed by atoms with Crippen LogP contribution >= 0.6 is 11.3 Å². The van der Waals surface area contributed by atoms with Crippen LogP contribution in [0.3, 0.4) is 0 Å². The number of nitrogens with zero attached hydrogens (tertiary/aromatic N) is 2. The number of nitro groups is 1. The first kappa shape index (κ1) is 29.6. The smallest absolute Gasteiger partial charge is 0.338 e. The summed E-state index contributed by atoms with van der Waals surface area (Å²) in [6.45, 7) is 3.25. The number of nitro benzene ring substituents is 1. The third-order valence-corrected chi connectivity index (χ3v) is 8.52. The van der Waals surface area contributed by atoms with Gasteiger partial charge in [-0.3, -0.25) is 24.6 Å². The van der Waals surface area contributed by atoms with Gasteiger partial charge in [-0.2, -0.15) is 0 Å². The van der Waals surface area contributed by atoms with Crippen LogP contribution in [0, 0.1) is 21.8 Å². The maximum Gasteiger partial charge on any atom is 0.338 e. The van der Waals surface area contributed by atoms with Crippen LogP contribution < -0.4 is 10.6 Å². The lowest BCUT2D eigenvalue weighted by Crippen LogP contribution is -2.46. The molecule has 2 heterocycles. The summed E-state index contributed by atoms with van der Waals surface area (Å²) in [5, 5.41) is 13.2. The number of ether oxygens (including phenoxy) is 2. The summed E-state index contributed by atoms with van der Waals surface area (Å²) in [5.41, 5.74) is 7.06. The predicted molar refractivity (Wildman–Crippen MR) is 156 cm³/mol. The lowest BCUT2D eigenvalue weighted by Gasteiger charge is -2.43. The minimum Gasteiger partial charge on any atom is -0.465 e. The molecule has 0 saturated heterocycles. The number of allylic oxidation sites excluding steroid dienone is 2. The molecule has 5 rings (SSSR count). The van der Waals surface area contributed by atoms with E-state index in [2.05, 4.69) is 0 Å². The number of carbonyl (C=O) groups is 3. The van der Waals surface area contributed by atoms with Crippen molar-refractivity contribution in [1.29, 1.82) is 0 Å². The summed E-state index contributed by atoms with van der Waals surface area (Å²) in [4.78, 5) is 54.6. The molecule has 43 heavy (non-hydrogen) atoms. The summed E-state index contributed by atoms with van der Waals surface area (Å²) in [7, 11) is 0. The molecule has 2 aromatic carbocycles. The van der Waals surface area contributed by atoms with E-state index in [1.54, 1.807) is 26.0 Å². The highest BCUT2D eigenvalue weighted by Gasteiger charge is 2.52. The number of rotatable bonds is 8. The van der Waals surface area contributed by atoms with E-state index in [4.69, 9.17) is 15.2 Å². The van der Waals surface area contributed by atoms with Gasteiger partial charge >= 0.3 is 11.9 Å². The number of anilines is 1. The molecule has 2 aliphatic rings. The molecule has 10 nitrogen and oxygen atoms in total. The topological polar surface area (TPSA) is 142 Å². The average molecular weight is 606 g/mol. The first-order chi connectivity index (χ1) is 20.7. The Hall–Kier alpha value is -4.84. The Morgan fingerprint density at radius 2 is 1.77 bits per heavy atom. The van der Waals surface area contributed by atoms with E-state index < -0.39 is 46.2 Å². The number of hydrogen-bond acceptors (Lipinski definition) is 10. The third-order valence-electron chi connectivity index (χ3n) is 7.52. The van der Waals surface area contributed by atoms with Crippen LogP contribution in [0.5, 0.6) is 0 Å². The number of ketones is 1. The van der Waals surface area contributed by atoms with Gasteiger partial charge < -0.3 is 15.2 Å². The Morgan fingerprint density at radius 1 is 1.07 bits per heavy atom.